The molecule has 7 heteroatoms. The van der Waals surface area contributed by atoms with Crippen molar-refractivity contribution < 1.29 is 0 Å². The van der Waals surface area contributed by atoms with E-state index in [4.69, 9.17) is 0 Å². The normalized spacial score (nSPS) is 18.5. The summed E-state index contributed by atoms with van der Waals surface area (Å²) in [7, 11) is 0. The van der Waals surface area contributed by atoms with E-state index in [1.165, 1.54) is 12.8 Å². The highest BCUT2D eigenvalue weighted by atomic mass is 15.4. The molecule has 4 heterocycles. The molecule has 0 spiro atoms. The number of hydrogen-bond acceptors (Lipinski definition) is 5. The number of aryl methyl sites for hydroxylation is 1. The summed E-state index contributed by atoms with van der Waals surface area (Å²) in [5.74, 6) is 0.590. The number of hydrogen-bond donors (Lipinski definition) is 1. The first-order chi connectivity index (χ1) is 12.3. The lowest BCUT2D eigenvalue weighted by molar-refractivity contribution is 0.151. The number of piperidine rings is 1. The first-order valence-electron chi connectivity index (χ1n) is 8.81. The van der Waals surface area contributed by atoms with E-state index in [-0.39, 0.29) is 0 Å². The number of rotatable bonds is 5. The zero-order chi connectivity index (χ0) is 17.1. The Morgan fingerprint density at radius 1 is 1.28 bits per heavy atom. The maximum atomic E-state index is 4.35. The molecule has 1 aliphatic heterocycles. The SMILES string of the molecule is Cc1cc(CN2CCC[C@H](Cn3cc(-c4ccccn4)nn3)C2)n[nH]1. The van der Waals surface area contributed by atoms with Crippen molar-refractivity contribution in [3.8, 4) is 11.4 Å². The van der Waals surface area contributed by atoms with E-state index >= 15 is 0 Å². The highest BCUT2D eigenvalue weighted by molar-refractivity contribution is 5.51. The van der Waals surface area contributed by atoms with E-state index in [9.17, 15) is 0 Å². The molecule has 3 aromatic rings. The van der Waals surface area contributed by atoms with Gasteiger partial charge in [0, 0.05) is 31.5 Å². The first-order valence-corrected chi connectivity index (χ1v) is 8.81. The molecule has 25 heavy (non-hydrogen) atoms. The van der Waals surface area contributed by atoms with Crippen LogP contribution in [0.15, 0.2) is 36.7 Å². The van der Waals surface area contributed by atoms with Gasteiger partial charge < -0.3 is 0 Å². The maximum Gasteiger partial charge on any atom is 0.131 e. The fourth-order valence-electron chi connectivity index (χ4n) is 3.51. The molecule has 0 amide bonds. The quantitative estimate of drug-likeness (QED) is 0.773. The highest BCUT2D eigenvalue weighted by Gasteiger charge is 2.21. The summed E-state index contributed by atoms with van der Waals surface area (Å²) < 4.78 is 1.96. The lowest BCUT2D eigenvalue weighted by Gasteiger charge is -2.32. The molecule has 1 saturated heterocycles. The summed E-state index contributed by atoms with van der Waals surface area (Å²) in [6, 6.07) is 7.96. The van der Waals surface area contributed by atoms with E-state index in [1.54, 1.807) is 6.20 Å². The molecular formula is C18H23N7. The van der Waals surface area contributed by atoms with Crippen molar-refractivity contribution in [1.29, 1.82) is 0 Å². The van der Waals surface area contributed by atoms with Gasteiger partial charge in [0.2, 0.25) is 0 Å². The van der Waals surface area contributed by atoms with Crippen molar-refractivity contribution in [2.45, 2.75) is 32.9 Å². The van der Waals surface area contributed by atoms with Gasteiger partial charge in [0.25, 0.3) is 0 Å². The minimum absolute atomic E-state index is 0.590. The van der Waals surface area contributed by atoms with Crippen LogP contribution in [0.4, 0.5) is 0 Å². The molecule has 1 fully saturated rings. The van der Waals surface area contributed by atoms with Crippen molar-refractivity contribution in [2.75, 3.05) is 13.1 Å². The van der Waals surface area contributed by atoms with Crippen LogP contribution in [0.3, 0.4) is 0 Å². The molecule has 0 unspecified atom stereocenters. The summed E-state index contributed by atoms with van der Waals surface area (Å²) in [5, 5.41) is 15.9. The standard InChI is InChI=1S/C18H23N7/c1-14-9-16(21-20-14)12-24-8-4-5-15(10-24)11-25-13-18(22-23-25)17-6-2-3-7-19-17/h2-3,6-7,9,13,15H,4-5,8,10-12H2,1H3,(H,20,21)/t15-/m0/s1. The predicted octanol–water partition coefficient (Wildman–Crippen LogP) is 2.28. The van der Waals surface area contributed by atoms with Crippen LogP contribution in [-0.2, 0) is 13.1 Å². The Hall–Kier alpha value is -2.54. The van der Waals surface area contributed by atoms with Gasteiger partial charge in [-0.15, -0.1) is 5.10 Å². The molecule has 1 N–H and O–H groups in total. The Labute approximate surface area is 147 Å². The minimum Gasteiger partial charge on any atom is -0.297 e. The van der Waals surface area contributed by atoms with Crippen LogP contribution in [0.25, 0.3) is 11.4 Å². The number of H-pyrrole nitrogens is 1. The average molecular weight is 337 g/mol. The first kappa shape index (κ1) is 16.0. The van der Waals surface area contributed by atoms with Gasteiger partial charge in [0.15, 0.2) is 0 Å². The Morgan fingerprint density at radius 3 is 3.04 bits per heavy atom. The third-order valence-electron chi connectivity index (χ3n) is 4.66. The second kappa shape index (κ2) is 7.14. The van der Waals surface area contributed by atoms with Gasteiger partial charge in [0.05, 0.1) is 17.6 Å². The molecular weight excluding hydrogens is 314 g/mol. The lowest BCUT2D eigenvalue weighted by atomic mass is 9.98. The average Bonchev–Trinajstić information content (AvgIpc) is 3.25. The van der Waals surface area contributed by atoms with Crippen LogP contribution in [0.5, 0.6) is 0 Å². The van der Waals surface area contributed by atoms with E-state index in [0.29, 0.717) is 5.92 Å². The topological polar surface area (TPSA) is 75.5 Å². The number of aromatic nitrogens is 6. The Bertz CT molecular complexity index is 808. The number of aromatic amines is 1. The predicted molar refractivity (Wildman–Crippen MR) is 94.6 cm³/mol. The van der Waals surface area contributed by atoms with E-state index in [0.717, 1.165) is 49.0 Å². The lowest BCUT2D eigenvalue weighted by Crippen LogP contribution is -2.36. The van der Waals surface area contributed by atoms with Crippen LogP contribution in [-0.4, -0.2) is 48.2 Å². The number of likely N-dealkylation sites (tertiary alicyclic amines) is 1. The summed E-state index contributed by atoms with van der Waals surface area (Å²) in [4.78, 5) is 6.82. The van der Waals surface area contributed by atoms with Gasteiger partial charge in [0.1, 0.15) is 5.69 Å². The number of nitrogens with zero attached hydrogens (tertiary/aromatic N) is 6. The summed E-state index contributed by atoms with van der Waals surface area (Å²) >= 11 is 0. The van der Waals surface area contributed by atoms with Crippen LogP contribution < -0.4 is 0 Å². The molecule has 4 rings (SSSR count). The Kier molecular flexibility index (Phi) is 4.56. The van der Waals surface area contributed by atoms with Crippen molar-refractivity contribution in [2.24, 2.45) is 5.92 Å². The molecule has 130 valence electrons. The molecule has 3 aromatic heterocycles. The zero-order valence-corrected chi connectivity index (χ0v) is 14.5. The van der Waals surface area contributed by atoms with Crippen LogP contribution in [0, 0.1) is 12.8 Å². The Morgan fingerprint density at radius 2 is 2.24 bits per heavy atom. The van der Waals surface area contributed by atoms with Gasteiger partial charge >= 0.3 is 0 Å². The third-order valence-corrected chi connectivity index (χ3v) is 4.66. The molecule has 0 radical (unpaired) electrons. The zero-order valence-electron chi connectivity index (χ0n) is 14.5. The van der Waals surface area contributed by atoms with Gasteiger partial charge in [-0.2, -0.15) is 5.10 Å². The smallest absolute Gasteiger partial charge is 0.131 e. The monoisotopic (exact) mass is 337 g/mol. The molecule has 0 aliphatic carbocycles. The second-order valence-electron chi connectivity index (χ2n) is 6.83. The summed E-state index contributed by atoms with van der Waals surface area (Å²) in [6.45, 7) is 6.07. The molecule has 0 aromatic carbocycles. The minimum atomic E-state index is 0.590. The summed E-state index contributed by atoms with van der Waals surface area (Å²) in [5.41, 5.74) is 3.94. The second-order valence-corrected chi connectivity index (χ2v) is 6.83. The van der Waals surface area contributed by atoms with Crippen molar-refractivity contribution >= 4 is 0 Å². The van der Waals surface area contributed by atoms with Gasteiger partial charge in [-0.1, -0.05) is 11.3 Å². The van der Waals surface area contributed by atoms with Crippen LogP contribution >= 0.6 is 0 Å². The number of nitrogens with one attached hydrogen (secondary N) is 1. The van der Waals surface area contributed by atoms with E-state index in [1.807, 2.05) is 36.0 Å². The van der Waals surface area contributed by atoms with E-state index < -0.39 is 0 Å². The van der Waals surface area contributed by atoms with Gasteiger partial charge in [-0.05, 0) is 50.4 Å². The summed E-state index contributed by atoms with van der Waals surface area (Å²) in [6.07, 6.45) is 6.23. The van der Waals surface area contributed by atoms with Gasteiger partial charge in [-0.3, -0.25) is 19.7 Å². The number of pyridine rings is 1. The van der Waals surface area contributed by atoms with Gasteiger partial charge in [-0.25, -0.2) is 0 Å². The fourth-order valence-corrected chi connectivity index (χ4v) is 3.51. The third kappa shape index (κ3) is 3.93. The molecule has 1 atom stereocenters. The largest absolute Gasteiger partial charge is 0.297 e. The molecule has 0 saturated carbocycles. The molecule has 7 nitrogen and oxygen atoms in total. The Balaban J connectivity index is 1.37. The van der Waals surface area contributed by atoms with Crippen molar-refractivity contribution in [3.63, 3.8) is 0 Å². The molecule has 1 aliphatic rings. The van der Waals surface area contributed by atoms with Crippen LogP contribution in [0.2, 0.25) is 0 Å². The van der Waals surface area contributed by atoms with E-state index in [2.05, 4.69) is 36.5 Å². The fraction of sp³-hybridized carbons (Fsp3) is 0.444. The highest BCUT2D eigenvalue weighted by Crippen LogP contribution is 2.20. The van der Waals surface area contributed by atoms with Crippen molar-refractivity contribution in [3.05, 3.63) is 48.0 Å². The van der Waals surface area contributed by atoms with Crippen molar-refractivity contribution in [1.82, 2.24) is 35.1 Å². The van der Waals surface area contributed by atoms with Crippen LogP contribution in [0.1, 0.15) is 24.2 Å². The maximum absolute atomic E-state index is 4.35. The molecule has 0 bridgehead atoms.